The zero-order valence-corrected chi connectivity index (χ0v) is 30.6. The number of nitrogens with zero attached hydrogens (tertiary/aromatic N) is 2. The maximum Gasteiger partial charge on any atom is 0.412 e. The van der Waals surface area contributed by atoms with Gasteiger partial charge in [-0.2, -0.15) is 0 Å². The molecule has 46 heavy (non-hydrogen) atoms. The van der Waals surface area contributed by atoms with E-state index in [1.165, 1.54) is 101 Å². The van der Waals surface area contributed by atoms with E-state index in [0.717, 1.165) is 13.0 Å². The first-order valence-electron chi connectivity index (χ1n) is 18.2. The number of aliphatic hydroxyl groups is 1. The van der Waals surface area contributed by atoms with Gasteiger partial charge in [-0.05, 0) is 48.0 Å². The van der Waals surface area contributed by atoms with E-state index in [1.54, 1.807) is 25.7 Å². The van der Waals surface area contributed by atoms with Gasteiger partial charge in [0.2, 0.25) is 0 Å². The van der Waals surface area contributed by atoms with Crippen LogP contribution in [0.2, 0.25) is 0 Å². The van der Waals surface area contributed by atoms with Gasteiger partial charge in [0.05, 0.1) is 38.5 Å². The van der Waals surface area contributed by atoms with Gasteiger partial charge < -0.3 is 28.8 Å². The van der Waals surface area contributed by atoms with Crippen molar-refractivity contribution >= 4 is 12.2 Å². The van der Waals surface area contributed by atoms with Crippen LogP contribution in [0.25, 0.3) is 0 Å². The highest BCUT2D eigenvalue weighted by molar-refractivity contribution is 5.69. The zero-order valence-electron chi connectivity index (χ0n) is 30.6. The minimum Gasteiger partial charge on any atom is -0.444 e. The fourth-order valence-electron chi connectivity index (χ4n) is 5.27. The first kappa shape index (κ1) is 42.4. The normalized spacial score (nSPS) is 18.4. The van der Waals surface area contributed by atoms with Crippen molar-refractivity contribution < 1.29 is 38.4 Å². The second-order valence-electron chi connectivity index (χ2n) is 14.8. The quantitative estimate of drug-likeness (QED) is 0.130. The molecule has 2 heterocycles. The van der Waals surface area contributed by atoms with Crippen molar-refractivity contribution in [3.8, 4) is 0 Å². The lowest BCUT2D eigenvalue weighted by molar-refractivity contribution is 0.00704. The molecule has 0 aromatic rings. The largest absolute Gasteiger partial charge is 0.444 e. The van der Waals surface area contributed by atoms with Gasteiger partial charge in [0, 0.05) is 6.61 Å². The van der Waals surface area contributed by atoms with Crippen molar-refractivity contribution in [3.63, 3.8) is 0 Å². The van der Waals surface area contributed by atoms with E-state index in [1.807, 2.05) is 20.8 Å². The molecule has 2 aliphatic heterocycles. The van der Waals surface area contributed by atoms with Crippen molar-refractivity contribution in [2.45, 2.75) is 174 Å². The van der Waals surface area contributed by atoms with Crippen LogP contribution >= 0.6 is 0 Å². The van der Waals surface area contributed by atoms with Crippen molar-refractivity contribution in [1.82, 2.24) is 9.80 Å². The average molecular weight is 659 g/mol. The third-order valence-corrected chi connectivity index (χ3v) is 7.88. The van der Waals surface area contributed by atoms with Gasteiger partial charge in [0.1, 0.15) is 24.7 Å². The summed E-state index contributed by atoms with van der Waals surface area (Å²) in [5.74, 6) is 0. The molecule has 10 heteroatoms. The van der Waals surface area contributed by atoms with Crippen LogP contribution in [0.3, 0.4) is 0 Å². The van der Waals surface area contributed by atoms with Crippen LogP contribution in [0.1, 0.15) is 151 Å². The van der Waals surface area contributed by atoms with Crippen LogP contribution in [-0.2, 0) is 23.7 Å². The van der Waals surface area contributed by atoms with E-state index in [4.69, 9.17) is 28.8 Å². The number of carbonyl (C=O) groups is 2. The van der Waals surface area contributed by atoms with Crippen molar-refractivity contribution in [3.05, 3.63) is 0 Å². The second-order valence-corrected chi connectivity index (χ2v) is 14.8. The molecular weight excluding hydrogens is 588 g/mol. The minimum atomic E-state index is -0.514. The Kier molecular flexibility index (Phi) is 22.6. The standard InChI is InChI=1S/C27H53NO4.C9H17NO4/c1-5-6-7-8-9-10-11-12-13-14-15-16-17-18-19-20-21-30-22-25-23-31-24-28(25)26(29)32-27(2,3)4;1-9(2,3)14-8(12)10-6-13-5-7(10)4-11/h25H,5-24H2,1-4H3;7,11H,4-6H2,1-3H3/t25-;7-/m11/s1. The fraction of sp³-hybridized carbons (Fsp3) is 0.944. The summed E-state index contributed by atoms with van der Waals surface area (Å²) in [5, 5.41) is 8.95. The smallest absolute Gasteiger partial charge is 0.412 e. The Morgan fingerprint density at radius 2 is 1.00 bits per heavy atom. The van der Waals surface area contributed by atoms with Crippen molar-refractivity contribution in [1.29, 1.82) is 0 Å². The number of unbranched alkanes of at least 4 members (excludes halogenated alkanes) is 15. The molecule has 10 nitrogen and oxygen atoms in total. The lowest BCUT2D eigenvalue weighted by Crippen LogP contribution is -2.42. The summed E-state index contributed by atoms with van der Waals surface area (Å²) in [6.45, 7) is 15.9. The summed E-state index contributed by atoms with van der Waals surface area (Å²) in [6.07, 6.45) is 21.2. The maximum absolute atomic E-state index is 12.2. The molecule has 1 N–H and O–H groups in total. The van der Waals surface area contributed by atoms with Gasteiger partial charge in [0.15, 0.2) is 0 Å². The van der Waals surface area contributed by atoms with Gasteiger partial charge in [-0.3, -0.25) is 9.80 Å². The highest BCUT2D eigenvalue weighted by Crippen LogP contribution is 2.18. The molecule has 2 fully saturated rings. The molecule has 2 saturated heterocycles. The van der Waals surface area contributed by atoms with E-state index in [-0.39, 0.29) is 31.5 Å². The number of rotatable bonds is 20. The molecule has 0 unspecified atom stereocenters. The molecule has 0 spiro atoms. The number of carbonyl (C=O) groups excluding carboxylic acids is 2. The number of hydrogen-bond acceptors (Lipinski definition) is 8. The Hall–Kier alpha value is -1.62. The Morgan fingerprint density at radius 1 is 0.630 bits per heavy atom. The van der Waals surface area contributed by atoms with E-state index < -0.39 is 17.3 Å². The highest BCUT2D eigenvalue weighted by Gasteiger charge is 2.33. The molecule has 2 amide bonds. The van der Waals surface area contributed by atoms with Crippen LogP contribution < -0.4 is 0 Å². The summed E-state index contributed by atoms with van der Waals surface area (Å²) >= 11 is 0. The predicted octanol–water partition coefficient (Wildman–Crippen LogP) is 8.43. The Labute approximate surface area is 281 Å². The van der Waals surface area contributed by atoms with Crippen LogP contribution in [0.4, 0.5) is 9.59 Å². The average Bonchev–Trinajstić information content (AvgIpc) is 3.65. The summed E-state index contributed by atoms with van der Waals surface area (Å²) in [6, 6.07) is -0.309. The van der Waals surface area contributed by atoms with E-state index >= 15 is 0 Å². The molecule has 0 aromatic heterocycles. The molecule has 272 valence electrons. The van der Waals surface area contributed by atoms with Gasteiger partial charge >= 0.3 is 12.2 Å². The van der Waals surface area contributed by atoms with E-state index in [9.17, 15) is 9.59 Å². The Bertz CT molecular complexity index is 783. The second kappa shape index (κ2) is 24.5. The first-order chi connectivity index (χ1) is 21.9. The molecule has 2 atom stereocenters. The zero-order chi connectivity index (χ0) is 34.3. The van der Waals surface area contributed by atoms with Crippen LogP contribution in [0, 0.1) is 0 Å². The topological polar surface area (TPSA) is 107 Å². The molecule has 0 radical (unpaired) electrons. The van der Waals surface area contributed by atoms with Gasteiger partial charge in [-0.25, -0.2) is 9.59 Å². The van der Waals surface area contributed by atoms with Crippen LogP contribution in [0.15, 0.2) is 0 Å². The molecule has 0 aromatic carbocycles. The first-order valence-corrected chi connectivity index (χ1v) is 18.2. The molecule has 0 bridgehead atoms. The SMILES string of the molecule is CC(C)(C)OC(=O)N1COC[C@H]1CO.CCCCCCCCCCCCCCCCCCOC[C@@H]1COCN1C(=O)OC(C)(C)C. The van der Waals surface area contributed by atoms with Gasteiger partial charge in [-0.1, -0.05) is 103 Å². The molecular formula is C36H70N2O8. The number of aliphatic hydroxyl groups excluding tert-OH is 1. The summed E-state index contributed by atoms with van der Waals surface area (Å²) < 4.78 is 26.9. The van der Waals surface area contributed by atoms with E-state index in [0.29, 0.717) is 26.6 Å². The van der Waals surface area contributed by atoms with Crippen LogP contribution in [-0.4, -0.2) is 96.9 Å². The molecule has 2 rings (SSSR count). The van der Waals surface area contributed by atoms with Gasteiger partial charge in [-0.15, -0.1) is 0 Å². The third kappa shape index (κ3) is 21.3. The molecule has 0 aliphatic carbocycles. The van der Waals surface area contributed by atoms with E-state index in [2.05, 4.69) is 6.92 Å². The maximum atomic E-state index is 12.2. The molecule has 0 saturated carbocycles. The summed E-state index contributed by atoms with van der Waals surface area (Å²) in [7, 11) is 0. The Morgan fingerprint density at radius 3 is 1.39 bits per heavy atom. The number of hydrogen-bond donors (Lipinski definition) is 1. The fourth-order valence-corrected chi connectivity index (χ4v) is 5.27. The lowest BCUT2D eigenvalue weighted by Gasteiger charge is -2.27. The number of amides is 2. The Balaban J connectivity index is 0.000000626. The van der Waals surface area contributed by atoms with Crippen LogP contribution in [0.5, 0.6) is 0 Å². The van der Waals surface area contributed by atoms with Crippen molar-refractivity contribution in [2.75, 3.05) is 46.5 Å². The minimum absolute atomic E-state index is 0.0362. The monoisotopic (exact) mass is 659 g/mol. The van der Waals surface area contributed by atoms with Gasteiger partial charge in [0.25, 0.3) is 0 Å². The molecule has 2 aliphatic rings. The summed E-state index contributed by atoms with van der Waals surface area (Å²) in [5.41, 5.74) is -1.00. The highest BCUT2D eigenvalue weighted by atomic mass is 16.6. The van der Waals surface area contributed by atoms with Crippen molar-refractivity contribution in [2.24, 2.45) is 0 Å². The summed E-state index contributed by atoms with van der Waals surface area (Å²) in [4.78, 5) is 26.8. The lowest BCUT2D eigenvalue weighted by atomic mass is 10.0. The predicted molar refractivity (Wildman–Crippen MR) is 183 cm³/mol. The number of ether oxygens (including phenoxy) is 5. The third-order valence-electron chi connectivity index (χ3n) is 7.88.